The first-order valence-electron chi connectivity index (χ1n) is 5.03. The summed E-state index contributed by atoms with van der Waals surface area (Å²) >= 11 is 37.4. The first kappa shape index (κ1) is 14.4. The lowest BCUT2D eigenvalue weighted by Crippen LogP contribution is -2.62. The van der Waals surface area contributed by atoms with Crippen LogP contribution in [0.1, 0.15) is 0 Å². The largest absolute Gasteiger partial charge is 0.273 e. The fraction of sp³-hybridized carbons (Fsp3) is 0.556. The zero-order valence-electron chi connectivity index (χ0n) is 8.74. The molecule has 104 valence electrons. The normalized spacial score (nSPS) is 47.1. The molecule has 2 fully saturated rings. The molecule has 0 aromatic heterocycles. The van der Waals surface area contributed by atoms with Crippen LogP contribution in [0, 0.1) is 11.8 Å². The van der Waals surface area contributed by atoms with E-state index in [-0.39, 0.29) is 10.1 Å². The predicted molar refractivity (Wildman–Crippen MR) is 73.6 cm³/mol. The van der Waals surface area contributed by atoms with Gasteiger partial charge in [0, 0.05) is 0 Å². The van der Waals surface area contributed by atoms with Gasteiger partial charge in [0.1, 0.15) is 9.75 Å². The topological polar surface area (TPSA) is 58.2 Å². The van der Waals surface area contributed by atoms with E-state index in [1.807, 2.05) is 0 Å². The van der Waals surface area contributed by atoms with Gasteiger partial charge in [-0.3, -0.25) is 20.4 Å². The van der Waals surface area contributed by atoms with Crippen molar-refractivity contribution in [3.63, 3.8) is 0 Å². The molecule has 2 aliphatic carbocycles. The molecule has 0 aromatic carbocycles. The summed E-state index contributed by atoms with van der Waals surface area (Å²) in [5.41, 5.74) is 4.36. The Kier molecular flexibility index (Phi) is 2.86. The minimum absolute atomic E-state index is 0.109. The van der Waals surface area contributed by atoms with E-state index in [0.717, 1.165) is 0 Å². The molecule has 0 radical (unpaired) electrons. The van der Waals surface area contributed by atoms with Crippen LogP contribution in [0.2, 0.25) is 0 Å². The highest BCUT2D eigenvalue weighted by Gasteiger charge is 2.85. The van der Waals surface area contributed by atoms with Gasteiger partial charge in [0.05, 0.1) is 21.9 Å². The highest BCUT2D eigenvalue weighted by molar-refractivity contribution is 6.66. The van der Waals surface area contributed by atoms with Gasteiger partial charge in [0.15, 0.2) is 4.33 Å². The second-order valence-corrected chi connectivity index (χ2v) is 7.84. The second kappa shape index (κ2) is 3.79. The molecule has 1 aliphatic heterocycles. The summed E-state index contributed by atoms with van der Waals surface area (Å²) < 4.78 is -1.90. The molecule has 2 bridgehead atoms. The van der Waals surface area contributed by atoms with Crippen molar-refractivity contribution >= 4 is 81.4 Å². The van der Waals surface area contributed by atoms with E-state index in [2.05, 4.69) is 10.9 Å². The average Bonchev–Trinajstić information content (AvgIpc) is 2.55. The Hall–Kier alpha value is 0.420. The zero-order valence-corrected chi connectivity index (χ0v) is 13.3. The van der Waals surface area contributed by atoms with Gasteiger partial charge in [-0.1, -0.05) is 46.4 Å². The van der Waals surface area contributed by atoms with Gasteiger partial charge in [0.25, 0.3) is 0 Å². The number of fused-ring (bicyclic) bond motifs is 5. The number of hydrogen-bond acceptors (Lipinski definition) is 2. The van der Waals surface area contributed by atoms with Crippen molar-refractivity contribution in [2.75, 3.05) is 0 Å². The van der Waals surface area contributed by atoms with Crippen LogP contribution in [0.15, 0.2) is 10.1 Å². The van der Waals surface area contributed by atoms with E-state index in [1.165, 1.54) is 0 Å². The molecule has 2 N–H and O–H groups in total. The summed E-state index contributed by atoms with van der Waals surface area (Å²) in [6.45, 7) is 0. The van der Waals surface area contributed by atoms with Crippen LogP contribution in [-0.2, 0) is 9.59 Å². The number of hydrazine groups is 1. The van der Waals surface area contributed by atoms with Gasteiger partial charge in [-0.15, -0.1) is 23.2 Å². The van der Waals surface area contributed by atoms with Gasteiger partial charge < -0.3 is 0 Å². The molecule has 0 aromatic rings. The summed E-state index contributed by atoms with van der Waals surface area (Å²) in [5, 5.41) is -0.219. The molecule has 3 rings (SSSR count). The lowest BCUT2D eigenvalue weighted by molar-refractivity contribution is -0.143. The highest BCUT2D eigenvalue weighted by Crippen LogP contribution is 2.76. The lowest BCUT2D eigenvalue weighted by Gasteiger charge is -2.37. The number of amides is 2. The Labute approximate surface area is 137 Å². The number of hydrogen-bond donors (Lipinski definition) is 2. The minimum Gasteiger partial charge on any atom is -0.273 e. The number of halogens is 6. The summed E-state index contributed by atoms with van der Waals surface area (Å²) in [6, 6.07) is 0. The van der Waals surface area contributed by atoms with Crippen LogP contribution in [0.4, 0.5) is 0 Å². The molecule has 19 heavy (non-hydrogen) atoms. The number of rotatable bonds is 0. The van der Waals surface area contributed by atoms with Crippen LogP contribution < -0.4 is 10.9 Å². The van der Waals surface area contributed by atoms with Crippen molar-refractivity contribution in [3.05, 3.63) is 10.1 Å². The van der Waals surface area contributed by atoms with Crippen molar-refractivity contribution in [2.24, 2.45) is 11.8 Å². The number of carbonyl (C=O) groups excluding carboxylic acids is 2. The van der Waals surface area contributed by atoms with E-state index in [4.69, 9.17) is 69.6 Å². The molecular weight excluding hydrogens is 381 g/mol. The van der Waals surface area contributed by atoms with Gasteiger partial charge in [0.2, 0.25) is 11.8 Å². The molecular formula is C9H4Cl6N2O2. The van der Waals surface area contributed by atoms with Crippen molar-refractivity contribution in [1.82, 2.24) is 10.9 Å². The summed E-state index contributed by atoms with van der Waals surface area (Å²) in [5.74, 6) is -3.36. The third-order valence-electron chi connectivity index (χ3n) is 3.81. The number of alkyl halides is 4. The molecule has 3 aliphatic rings. The van der Waals surface area contributed by atoms with Gasteiger partial charge >= 0.3 is 0 Å². The smallest absolute Gasteiger partial charge is 0.244 e. The van der Waals surface area contributed by atoms with E-state index in [9.17, 15) is 9.59 Å². The first-order chi connectivity index (χ1) is 8.61. The number of carbonyl (C=O) groups is 2. The maximum Gasteiger partial charge on any atom is 0.244 e. The molecule has 0 unspecified atom stereocenters. The van der Waals surface area contributed by atoms with Crippen molar-refractivity contribution in [3.8, 4) is 0 Å². The van der Waals surface area contributed by atoms with Crippen LogP contribution in [-0.4, -0.2) is 25.9 Å². The maximum absolute atomic E-state index is 12.0. The Balaban J connectivity index is 2.35. The minimum atomic E-state index is -1.90. The van der Waals surface area contributed by atoms with E-state index in [0.29, 0.717) is 0 Å². The zero-order chi connectivity index (χ0) is 14.4. The molecule has 1 saturated heterocycles. The number of nitrogens with one attached hydrogen (secondary N) is 2. The van der Waals surface area contributed by atoms with Crippen molar-refractivity contribution < 1.29 is 9.59 Å². The average molecular weight is 385 g/mol. The monoisotopic (exact) mass is 382 g/mol. The second-order valence-electron chi connectivity index (χ2n) is 4.56. The Morgan fingerprint density at radius 3 is 1.42 bits per heavy atom. The molecule has 4 atom stereocenters. The maximum atomic E-state index is 12.0. The van der Waals surface area contributed by atoms with Crippen molar-refractivity contribution in [1.29, 1.82) is 0 Å². The third kappa shape index (κ3) is 1.23. The van der Waals surface area contributed by atoms with E-state index >= 15 is 0 Å². The third-order valence-corrected chi connectivity index (χ3v) is 8.07. The number of allylic oxidation sites excluding steroid dienone is 2. The quantitative estimate of drug-likeness (QED) is 0.629. The Bertz CT molecular complexity index is 517. The van der Waals surface area contributed by atoms with Gasteiger partial charge in [-0.2, -0.15) is 0 Å². The van der Waals surface area contributed by atoms with Gasteiger partial charge in [-0.25, -0.2) is 0 Å². The Morgan fingerprint density at radius 2 is 1.11 bits per heavy atom. The standard InChI is InChI=1S/C9H4Cl6N2O2/c10-3-4(11)8(13)2-1(5(18)16-17-6(2)19)7(3,12)9(8,14)15/h1-2H,(H,16,18)(H,17,19)/t1-,2-,7-,8-/m1/s1. The summed E-state index contributed by atoms with van der Waals surface area (Å²) in [7, 11) is 0. The molecule has 1 saturated carbocycles. The van der Waals surface area contributed by atoms with Gasteiger partial charge in [-0.05, 0) is 0 Å². The molecule has 0 spiro atoms. The fourth-order valence-electron chi connectivity index (χ4n) is 2.93. The predicted octanol–water partition coefficient (Wildman–Crippen LogP) is 2.23. The lowest BCUT2D eigenvalue weighted by atomic mass is 9.80. The molecule has 10 heteroatoms. The van der Waals surface area contributed by atoms with Crippen LogP contribution in [0.5, 0.6) is 0 Å². The molecule has 2 amide bonds. The summed E-state index contributed by atoms with van der Waals surface area (Å²) in [4.78, 5) is 20.5. The van der Waals surface area contributed by atoms with E-state index < -0.39 is 37.7 Å². The van der Waals surface area contributed by atoms with Crippen LogP contribution >= 0.6 is 69.6 Å². The molecule has 4 nitrogen and oxygen atoms in total. The SMILES string of the molecule is O=C1NNC(=O)[C@H]2[C@H]1[C@@]1(Cl)C(Cl)=C(Cl)[C@@]2(Cl)C1(Cl)Cl. The van der Waals surface area contributed by atoms with Crippen molar-refractivity contribution in [2.45, 2.75) is 14.1 Å². The summed E-state index contributed by atoms with van der Waals surface area (Å²) in [6.07, 6.45) is 0. The first-order valence-corrected chi connectivity index (χ1v) is 7.30. The van der Waals surface area contributed by atoms with Crippen LogP contribution in [0.3, 0.4) is 0 Å². The van der Waals surface area contributed by atoms with Crippen LogP contribution in [0.25, 0.3) is 0 Å². The Morgan fingerprint density at radius 1 is 0.789 bits per heavy atom. The fourth-order valence-corrected chi connectivity index (χ4v) is 5.87. The van der Waals surface area contributed by atoms with E-state index in [1.54, 1.807) is 0 Å². The highest BCUT2D eigenvalue weighted by atomic mass is 35.5. The molecule has 1 heterocycles.